The van der Waals surface area contributed by atoms with Gasteiger partial charge in [-0.05, 0) is 12.0 Å². The molecule has 0 aliphatic rings. The van der Waals surface area contributed by atoms with Crippen molar-refractivity contribution >= 4 is 5.91 Å². The lowest BCUT2D eigenvalue weighted by atomic mass is 10.1. The average Bonchev–Trinajstić information content (AvgIpc) is 2.30. The molecule has 3 nitrogen and oxygen atoms in total. The topological polar surface area (TPSA) is 55.1 Å². The molecule has 1 aromatic rings. The summed E-state index contributed by atoms with van der Waals surface area (Å²) in [6.45, 7) is 4.11. The Bertz CT molecular complexity index is 335. The highest BCUT2D eigenvalue weighted by Crippen LogP contribution is 2.11. The molecular weight excluding hydrogens is 200 g/mol. The Morgan fingerprint density at radius 2 is 2.12 bits per heavy atom. The zero-order valence-corrected chi connectivity index (χ0v) is 9.36. The normalized spacial score (nSPS) is 11.8. The second kappa shape index (κ2) is 6.80. The minimum absolute atomic E-state index is 0.00439. The predicted molar refractivity (Wildman–Crippen MR) is 65.8 cm³/mol. The third kappa shape index (κ3) is 4.28. The van der Waals surface area contributed by atoms with Crippen LogP contribution in [0.2, 0.25) is 0 Å². The zero-order chi connectivity index (χ0) is 11.8. The summed E-state index contributed by atoms with van der Waals surface area (Å²) in [5, 5.41) is 2.79. The Hall–Kier alpha value is -1.61. The van der Waals surface area contributed by atoms with Gasteiger partial charge in [-0.3, -0.25) is 4.79 Å². The number of hydrogen-bond acceptors (Lipinski definition) is 2. The van der Waals surface area contributed by atoms with Gasteiger partial charge in [0.1, 0.15) is 0 Å². The predicted octanol–water partition coefficient (Wildman–Crippen LogP) is 1.77. The van der Waals surface area contributed by atoms with Crippen LogP contribution in [0.5, 0.6) is 0 Å². The van der Waals surface area contributed by atoms with E-state index in [1.807, 2.05) is 30.3 Å². The molecule has 0 aromatic heterocycles. The highest BCUT2D eigenvalue weighted by molar-refractivity contribution is 5.77. The lowest BCUT2D eigenvalue weighted by Crippen LogP contribution is -2.26. The lowest BCUT2D eigenvalue weighted by molar-refractivity contribution is -0.120. The van der Waals surface area contributed by atoms with Crippen LogP contribution in [0.3, 0.4) is 0 Å². The summed E-state index contributed by atoms with van der Waals surface area (Å²) in [4.78, 5) is 11.1. The molecule has 0 radical (unpaired) electrons. The van der Waals surface area contributed by atoms with E-state index in [4.69, 9.17) is 5.73 Å². The van der Waals surface area contributed by atoms with Gasteiger partial charge in [-0.1, -0.05) is 36.4 Å². The number of nitrogens with one attached hydrogen (secondary N) is 1. The lowest BCUT2D eigenvalue weighted by Gasteiger charge is -2.12. The SMILES string of the molecule is C=CCC(=O)NCCC(N)c1ccccc1. The number of nitrogens with two attached hydrogens (primary N) is 1. The van der Waals surface area contributed by atoms with E-state index in [2.05, 4.69) is 11.9 Å². The molecule has 0 spiro atoms. The van der Waals surface area contributed by atoms with Crippen molar-refractivity contribution in [1.82, 2.24) is 5.32 Å². The van der Waals surface area contributed by atoms with E-state index in [1.54, 1.807) is 6.08 Å². The van der Waals surface area contributed by atoms with Crippen molar-refractivity contribution < 1.29 is 4.79 Å². The third-order valence-corrected chi connectivity index (χ3v) is 2.33. The van der Waals surface area contributed by atoms with E-state index in [-0.39, 0.29) is 11.9 Å². The first-order valence-corrected chi connectivity index (χ1v) is 5.42. The molecule has 0 saturated heterocycles. The van der Waals surface area contributed by atoms with Gasteiger partial charge in [-0.2, -0.15) is 0 Å². The van der Waals surface area contributed by atoms with Crippen LogP contribution in [0, 0.1) is 0 Å². The van der Waals surface area contributed by atoms with E-state index in [0.717, 1.165) is 12.0 Å². The summed E-state index contributed by atoms with van der Waals surface area (Å²) in [5.74, 6) is -0.00439. The largest absolute Gasteiger partial charge is 0.356 e. The fourth-order valence-corrected chi connectivity index (χ4v) is 1.44. The van der Waals surface area contributed by atoms with Crippen molar-refractivity contribution in [3.05, 3.63) is 48.6 Å². The highest BCUT2D eigenvalue weighted by Gasteiger charge is 2.05. The maximum absolute atomic E-state index is 11.1. The van der Waals surface area contributed by atoms with Crippen molar-refractivity contribution in [2.45, 2.75) is 18.9 Å². The van der Waals surface area contributed by atoms with E-state index in [9.17, 15) is 4.79 Å². The molecule has 3 heteroatoms. The minimum Gasteiger partial charge on any atom is -0.356 e. The Morgan fingerprint density at radius 3 is 2.75 bits per heavy atom. The first-order chi connectivity index (χ1) is 7.74. The van der Waals surface area contributed by atoms with Crippen molar-refractivity contribution in [3.8, 4) is 0 Å². The Kier molecular flexibility index (Phi) is 5.29. The van der Waals surface area contributed by atoms with Gasteiger partial charge < -0.3 is 11.1 Å². The van der Waals surface area contributed by atoms with Gasteiger partial charge in [0.15, 0.2) is 0 Å². The maximum Gasteiger partial charge on any atom is 0.223 e. The molecule has 1 aromatic carbocycles. The zero-order valence-electron chi connectivity index (χ0n) is 9.36. The van der Waals surface area contributed by atoms with Crippen LogP contribution >= 0.6 is 0 Å². The van der Waals surface area contributed by atoms with E-state index >= 15 is 0 Å². The fraction of sp³-hybridized carbons (Fsp3) is 0.308. The van der Waals surface area contributed by atoms with E-state index < -0.39 is 0 Å². The second-order valence-corrected chi connectivity index (χ2v) is 3.65. The van der Waals surface area contributed by atoms with Crippen molar-refractivity contribution in [2.24, 2.45) is 5.73 Å². The minimum atomic E-state index is -0.0229. The van der Waals surface area contributed by atoms with Crippen LogP contribution < -0.4 is 11.1 Å². The molecule has 0 saturated carbocycles. The molecule has 1 unspecified atom stereocenters. The van der Waals surface area contributed by atoms with Gasteiger partial charge in [0.05, 0.1) is 0 Å². The van der Waals surface area contributed by atoms with E-state index in [1.165, 1.54) is 0 Å². The fourth-order valence-electron chi connectivity index (χ4n) is 1.44. The molecule has 3 N–H and O–H groups in total. The molecule has 0 aliphatic carbocycles. The molecule has 16 heavy (non-hydrogen) atoms. The molecule has 0 fully saturated rings. The average molecular weight is 218 g/mol. The number of amides is 1. The summed E-state index contributed by atoms with van der Waals surface area (Å²) in [5.41, 5.74) is 7.08. The smallest absolute Gasteiger partial charge is 0.223 e. The molecular formula is C13H18N2O. The summed E-state index contributed by atoms with van der Waals surface area (Å²) in [6, 6.07) is 9.86. The molecule has 86 valence electrons. The number of benzene rings is 1. The highest BCUT2D eigenvalue weighted by atomic mass is 16.1. The summed E-state index contributed by atoms with van der Waals surface area (Å²) >= 11 is 0. The number of carbonyl (C=O) groups is 1. The first-order valence-electron chi connectivity index (χ1n) is 5.42. The quantitative estimate of drug-likeness (QED) is 0.715. The van der Waals surface area contributed by atoms with Gasteiger partial charge in [-0.25, -0.2) is 0 Å². The van der Waals surface area contributed by atoms with Crippen LogP contribution in [-0.4, -0.2) is 12.5 Å². The van der Waals surface area contributed by atoms with Crippen LogP contribution in [-0.2, 0) is 4.79 Å². The number of hydrogen-bond donors (Lipinski definition) is 2. The maximum atomic E-state index is 11.1. The van der Waals surface area contributed by atoms with Gasteiger partial charge in [-0.15, -0.1) is 6.58 Å². The van der Waals surface area contributed by atoms with Gasteiger partial charge in [0.2, 0.25) is 5.91 Å². The van der Waals surface area contributed by atoms with Crippen molar-refractivity contribution in [2.75, 3.05) is 6.54 Å². The van der Waals surface area contributed by atoms with Crippen LogP contribution in [0.25, 0.3) is 0 Å². The molecule has 1 atom stereocenters. The monoisotopic (exact) mass is 218 g/mol. The molecule has 1 amide bonds. The third-order valence-electron chi connectivity index (χ3n) is 2.33. The van der Waals surface area contributed by atoms with Crippen LogP contribution in [0.15, 0.2) is 43.0 Å². The first kappa shape index (κ1) is 12.5. The number of rotatable bonds is 6. The Labute approximate surface area is 96.3 Å². The molecule has 0 aliphatic heterocycles. The van der Waals surface area contributed by atoms with Gasteiger partial charge in [0.25, 0.3) is 0 Å². The second-order valence-electron chi connectivity index (χ2n) is 3.65. The van der Waals surface area contributed by atoms with Crippen molar-refractivity contribution in [3.63, 3.8) is 0 Å². The summed E-state index contributed by atoms with van der Waals surface area (Å²) in [6.07, 6.45) is 2.69. The number of carbonyl (C=O) groups excluding carboxylic acids is 1. The molecule has 0 bridgehead atoms. The van der Waals surface area contributed by atoms with Crippen LogP contribution in [0.4, 0.5) is 0 Å². The summed E-state index contributed by atoms with van der Waals surface area (Å²) in [7, 11) is 0. The Balaban J connectivity index is 2.28. The summed E-state index contributed by atoms with van der Waals surface area (Å²) < 4.78 is 0. The van der Waals surface area contributed by atoms with Gasteiger partial charge >= 0.3 is 0 Å². The standard InChI is InChI=1S/C13H18N2O/c1-2-6-13(16)15-10-9-12(14)11-7-4-3-5-8-11/h2-5,7-8,12H,1,6,9-10,14H2,(H,15,16). The van der Waals surface area contributed by atoms with Gasteiger partial charge in [0, 0.05) is 19.0 Å². The molecule has 0 heterocycles. The van der Waals surface area contributed by atoms with Crippen molar-refractivity contribution in [1.29, 1.82) is 0 Å². The van der Waals surface area contributed by atoms with E-state index in [0.29, 0.717) is 13.0 Å². The Morgan fingerprint density at radius 1 is 1.44 bits per heavy atom. The van der Waals surface area contributed by atoms with Crippen LogP contribution in [0.1, 0.15) is 24.4 Å². The molecule has 1 rings (SSSR count).